The number of hydrogen-bond donors (Lipinski definition) is 3. The summed E-state index contributed by atoms with van der Waals surface area (Å²) in [6.07, 6.45) is 0.685. The Bertz CT molecular complexity index is 774. The van der Waals surface area contributed by atoms with E-state index in [1.807, 2.05) is 38.1 Å². The highest BCUT2D eigenvalue weighted by molar-refractivity contribution is 5.92. The van der Waals surface area contributed by atoms with Gasteiger partial charge in [-0.2, -0.15) is 0 Å². The zero-order chi connectivity index (χ0) is 20.5. The molecule has 2 atom stereocenters. The maximum absolute atomic E-state index is 11.6. The number of amides is 2. The second kappa shape index (κ2) is 10.3. The lowest BCUT2D eigenvalue weighted by atomic mass is 10.2. The molecule has 2 aromatic carbocycles. The van der Waals surface area contributed by atoms with E-state index in [-0.39, 0.29) is 24.0 Å². The Labute approximate surface area is 164 Å². The summed E-state index contributed by atoms with van der Waals surface area (Å²) in [6, 6.07) is 13.8. The number of nitrogens with one attached hydrogen (secondary N) is 1. The lowest BCUT2D eigenvalue weighted by Gasteiger charge is -2.11. The van der Waals surface area contributed by atoms with Crippen molar-refractivity contribution < 1.29 is 24.2 Å². The molecule has 0 bridgehead atoms. The van der Waals surface area contributed by atoms with Gasteiger partial charge in [0, 0.05) is 5.56 Å². The molecular formula is C21H26N2O5. The number of hydrogen-bond acceptors (Lipinski definition) is 5. The van der Waals surface area contributed by atoms with E-state index in [2.05, 4.69) is 5.32 Å². The summed E-state index contributed by atoms with van der Waals surface area (Å²) < 4.78 is 10.5. The molecule has 1 aliphatic rings. The molecule has 150 valence electrons. The van der Waals surface area contributed by atoms with Crippen LogP contribution < -0.4 is 11.1 Å². The van der Waals surface area contributed by atoms with Crippen molar-refractivity contribution in [1.29, 1.82) is 0 Å². The van der Waals surface area contributed by atoms with Gasteiger partial charge in [-0.25, -0.2) is 4.79 Å². The van der Waals surface area contributed by atoms with Crippen molar-refractivity contribution in [2.75, 3.05) is 6.61 Å². The lowest BCUT2D eigenvalue weighted by Crippen LogP contribution is -2.35. The molecule has 1 saturated heterocycles. The van der Waals surface area contributed by atoms with Crippen LogP contribution >= 0.6 is 0 Å². The van der Waals surface area contributed by atoms with Crippen LogP contribution in [-0.4, -0.2) is 35.9 Å². The summed E-state index contributed by atoms with van der Waals surface area (Å²) in [4.78, 5) is 22.0. The highest BCUT2D eigenvalue weighted by Gasteiger charge is 2.23. The van der Waals surface area contributed by atoms with E-state index < -0.39 is 5.91 Å². The largest absolute Gasteiger partial charge is 0.508 e. The molecule has 1 aliphatic heterocycles. The number of carbonyl (C=O) groups excluding carboxylic acids is 2. The van der Waals surface area contributed by atoms with Gasteiger partial charge in [0.2, 0.25) is 5.91 Å². The van der Waals surface area contributed by atoms with Crippen LogP contribution in [0.2, 0.25) is 0 Å². The number of phenolic OH excluding ortho intramolecular Hbond substituents is 1. The monoisotopic (exact) mass is 386 g/mol. The van der Waals surface area contributed by atoms with Crippen LogP contribution in [0.5, 0.6) is 5.75 Å². The second-order valence-electron chi connectivity index (χ2n) is 6.69. The van der Waals surface area contributed by atoms with Crippen LogP contribution in [0.15, 0.2) is 48.5 Å². The van der Waals surface area contributed by atoms with E-state index in [0.717, 1.165) is 12.0 Å². The zero-order valence-electron chi connectivity index (χ0n) is 16.1. The number of rotatable bonds is 4. The zero-order valence-corrected chi connectivity index (χ0v) is 16.1. The van der Waals surface area contributed by atoms with Gasteiger partial charge < -0.3 is 25.6 Å². The third-order valence-corrected chi connectivity index (χ3v) is 4.16. The predicted octanol–water partition coefficient (Wildman–Crippen LogP) is 2.89. The van der Waals surface area contributed by atoms with Gasteiger partial charge in [-0.15, -0.1) is 0 Å². The minimum Gasteiger partial charge on any atom is -0.508 e. The lowest BCUT2D eigenvalue weighted by molar-refractivity contribution is 0.1000. The quantitative estimate of drug-likeness (QED) is 0.748. The molecule has 0 saturated carbocycles. The standard InChI is InChI=1S/C14H19NO3.C7H7NO2/c1-10-3-5-12(6-4-10)8-18-14(16)15-13-7-11(2)17-9-13;8-7(10)5-1-3-6(9)4-2-5/h3-6,11,13H,7-9H2,1-2H3,(H,15,16);1-4,9H,(H2,8,10)/t11-,13?;/m1./s1. The van der Waals surface area contributed by atoms with Gasteiger partial charge in [-0.1, -0.05) is 29.8 Å². The molecule has 2 aromatic rings. The third kappa shape index (κ3) is 7.28. The summed E-state index contributed by atoms with van der Waals surface area (Å²) >= 11 is 0. The maximum Gasteiger partial charge on any atom is 0.407 e. The van der Waals surface area contributed by atoms with Crippen molar-refractivity contribution in [1.82, 2.24) is 5.32 Å². The Hall–Kier alpha value is -3.06. The van der Waals surface area contributed by atoms with Crippen LogP contribution in [0.3, 0.4) is 0 Å². The number of primary amides is 1. The van der Waals surface area contributed by atoms with Crippen LogP contribution in [0.4, 0.5) is 4.79 Å². The van der Waals surface area contributed by atoms with E-state index in [0.29, 0.717) is 18.8 Å². The van der Waals surface area contributed by atoms with E-state index in [4.69, 9.17) is 20.3 Å². The topological polar surface area (TPSA) is 111 Å². The van der Waals surface area contributed by atoms with Gasteiger partial charge in [0.05, 0.1) is 18.8 Å². The van der Waals surface area contributed by atoms with E-state index >= 15 is 0 Å². The number of phenols is 1. The van der Waals surface area contributed by atoms with Crippen molar-refractivity contribution in [3.05, 3.63) is 65.2 Å². The number of alkyl carbamates (subject to hydrolysis) is 1. The molecule has 0 aromatic heterocycles. The minimum absolute atomic E-state index is 0.0746. The molecule has 2 amide bonds. The summed E-state index contributed by atoms with van der Waals surface area (Å²) in [5.74, 6) is -0.356. The summed E-state index contributed by atoms with van der Waals surface area (Å²) in [6.45, 7) is 4.90. The highest BCUT2D eigenvalue weighted by atomic mass is 16.5. The smallest absolute Gasteiger partial charge is 0.407 e. The van der Waals surface area contributed by atoms with Gasteiger partial charge in [0.25, 0.3) is 0 Å². The van der Waals surface area contributed by atoms with Crippen molar-refractivity contribution >= 4 is 12.0 Å². The molecule has 0 aliphatic carbocycles. The fourth-order valence-corrected chi connectivity index (χ4v) is 2.58. The Morgan fingerprint density at radius 1 is 1.18 bits per heavy atom. The molecule has 4 N–H and O–H groups in total. The number of carbonyl (C=O) groups is 2. The first-order chi connectivity index (χ1) is 13.3. The van der Waals surface area contributed by atoms with Crippen LogP contribution in [0.1, 0.15) is 34.8 Å². The highest BCUT2D eigenvalue weighted by Crippen LogP contribution is 2.12. The first kappa shape index (κ1) is 21.2. The average molecular weight is 386 g/mol. The average Bonchev–Trinajstić information content (AvgIpc) is 3.07. The number of benzene rings is 2. The third-order valence-electron chi connectivity index (χ3n) is 4.16. The SMILES string of the molecule is Cc1ccc(COC(=O)NC2CO[C@H](C)C2)cc1.NC(=O)c1ccc(O)cc1. The fourth-order valence-electron chi connectivity index (χ4n) is 2.58. The van der Waals surface area contributed by atoms with E-state index in [1.54, 1.807) is 0 Å². The Kier molecular flexibility index (Phi) is 7.83. The van der Waals surface area contributed by atoms with Crippen molar-refractivity contribution in [2.45, 2.75) is 39.0 Å². The van der Waals surface area contributed by atoms with Crippen LogP contribution in [-0.2, 0) is 16.1 Å². The van der Waals surface area contributed by atoms with Gasteiger partial charge in [0.15, 0.2) is 0 Å². The van der Waals surface area contributed by atoms with Crippen LogP contribution in [0.25, 0.3) is 0 Å². The second-order valence-corrected chi connectivity index (χ2v) is 6.69. The van der Waals surface area contributed by atoms with Gasteiger partial charge in [-0.3, -0.25) is 4.79 Å². The van der Waals surface area contributed by atoms with E-state index in [1.165, 1.54) is 29.8 Å². The van der Waals surface area contributed by atoms with Crippen LogP contribution in [0, 0.1) is 6.92 Å². The molecular weight excluding hydrogens is 360 g/mol. The van der Waals surface area contributed by atoms with Crippen molar-refractivity contribution in [3.63, 3.8) is 0 Å². The van der Waals surface area contributed by atoms with Gasteiger partial charge in [0.1, 0.15) is 12.4 Å². The molecule has 1 heterocycles. The van der Waals surface area contributed by atoms with E-state index in [9.17, 15) is 9.59 Å². The Balaban J connectivity index is 0.000000237. The molecule has 7 heteroatoms. The minimum atomic E-state index is -0.486. The predicted molar refractivity (Wildman–Crippen MR) is 105 cm³/mol. The number of aromatic hydroxyl groups is 1. The first-order valence-electron chi connectivity index (χ1n) is 9.02. The first-order valence-corrected chi connectivity index (χ1v) is 9.02. The molecule has 1 fully saturated rings. The molecule has 3 rings (SSSR count). The maximum atomic E-state index is 11.6. The molecule has 7 nitrogen and oxygen atoms in total. The summed E-state index contributed by atoms with van der Waals surface area (Å²) in [5, 5.41) is 11.6. The Morgan fingerprint density at radius 3 is 2.36 bits per heavy atom. The number of ether oxygens (including phenoxy) is 2. The summed E-state index contributed by atoms with van der Waals surface area (Å²) in [7, 11) is 0. The number of nitrogens with two attached hydrogens (primary N) is 1. The Morgan fingerprint density at radius 2 is 1.82 bits per heavy atom. The molecule has 1 unspecified atom stereocenters. The normalized spacial score (nSPS) is 17.9. The van der Waals surface area contributed by atoms with Crippen molar-refractivity contribution in [2.24, 2.45) is 5.73 Å². The molecule has 0 radical (unpaired) electrons. The van der Waals surface area contributed by atoms with Gasteiger partial charge >= 0.3 is 6.09 Å². The number of aryl methyl sites for hydroxylation is 1. The van der Waals surface area contributed by atoms with Gasteiger partial charge in [-0.05, 0) is 50.1 Å². The summed E-state index contributed by atoms with van der Waals surface area (Å²) in [5.41, 5.74) is 7.53. The fraction of sp³-hybridized carbons (Fsp3) is 0.333. The van der Waals surface area contributed by atoms with Crippen molar-refractivity contribution in [3.8, 4) is 5.75 Å². The molecule has 0 spiro atoms. The molecule has 28 heavy (non-hydrogen) atoms.